The second-order valence-corrected chi connectivity index (χ2v) is 10.6. The number of rotatable bonds is 3. The van der Waals surface area contributed by atoms with Crippen molar-refractivity contribution >= 4 is 23.2 Å². The molecule has 2 aliphatic carbocycles. The van der Waals surface area contributed by atoms with Crippen molar-refractivity contribution in [3.05, 3.63) is 68.9 Å². The third-order valence-electron chi connectivity index (χ3n) is 8.28. The van der Waals surface area contributed by atoms with E-state index < -0.39 is 0 Å². The minimum absolute atomic E-state index is 0.0465. The quantitative estimate of drug-likeness (QED) is 0.660. The highest BCUT2D eigenvalue weighted by molar-refractivity contribution is 6.14. The average Bonchev–Trinajstić information content (AvgIpc) is 3.45. The molecule has 0 spiro atoms. The van der Waals surface area contributed by atoms with Gasteiger partial charge in [0.1, 0.15) is 0 Å². The van der Waals surface area contributed by atoms with Gasteiger partial charge in [-0.05, 0) is 97.2 Å². The van der Waals surface area contributed by atoms with Crippen LogP contribution < -0.4 is 10.2 Å². The Hall–Kier alpha value is -3.30. The van der Waals surface area contributed by atoms with Crippen molar-refractivity contribution in [1.29, 1.82) is 0 Å². The van der Waals surface area contributed by atoms with Crippen LogP contribution >= 0.6 is 0 Å². The second kappa shape index (κ2) is 7.86. The van der Waals surface area contributed by atoms with E-state index in [1.165, 1.54) is 29.6 Å². The lowest BCUT2D eigenvalue weighted by atomic mass is 9.90. The third kappa shape index (κ3) is 3.36. The number of allylic oxidation sites excluding steroid dienone is 2. The van der Waals surface area contributed by atoms with Gasteiger partial charge in [0.05, 0.1) is 17.1 Å². The summed E-state index contributed by atoms with van der Waals surface area (Å²) in [6.45, 7) is 4.86. The van der Waals surface area contributed by atoms with Crippen LogP contribution in [0.4, 0.5) is 11.4 Å². The number of nitrogens with zero attached hydrogens (tertiary/aromatic N) is 2. The molecule has 0 bridgehead atoms. The van der Waals surface area contributed by atoms with E-state index in [1.54, 1.807) is 0 Å². The fraction of sp³-hybridized carbons (Fsp3) is 0.448. The Morgan fingerprint density at radius 2 is 1.91 bits per heavy atom. The van der Waals surface area contributed by atoms with Gasteiger partial charge in [-0.2, -0.15) is 0 Å². The van der Waals surface area contributed by atoms with Gasteiger partial charge in [0.15, 0.2) is 5.70 Å². The van der Waals surface area contributed by atoms with Crippen molar-refractivity contribution in [2.24, 2.45) is 11.8 Å². The Kier molecular flexibility index (Phi) is 4.72. The van der Waals surface area contributed by atoms with Crippen LogP contribution in [0.25, 0.3) is 0 Å². The summed E-state index contributed by atoms with van der Waals surface area (Å²) in [4.78, 5) is 30.6. The van der Waals surface area contributed by atoms with Crippen LogP contribution in [-0.2, 0) is 9.53 Å². The molecule has 6 aliphatic rings. The van der Waals surface area contributed by atoms with Gasteiger partial charge >= 0.3 is 0 Å². The average molecular weight is 468 g/mol. The maximum Gasteiger partial charge on any atom is 0.281 e. The zero-order chi connectivity index (χ0) is 23.7. The number of carbonyl (C=O) groups is 2. The first-order valence-electron chi connectivity index (χ1n) is 12.9. The number of ether oxygens (including phenoxy) is 1. The van der Waals surface area contributed by atoms with Gasteiger partial charge in [-0.15, -0.1) is 0 Å². The molecular formula is C29H29N3O3. The van der Waals surface area contributed by atoms with Crippen molar-refractivity contribution in [3.8, 4) is 0 Å². The number of benzene rings is 1. The van der Waals surface area contributed by atoms with Crippen molar-refractivity contribution in [1.82, 2.24) is 4.90 Å². The molecule has 0 radical (unpaired) electrons. The Labute approximate surface area is 205 Å². The van der Waals surface area contributed by atoms with E-state index in [0.717, 1.165) is 62.4 Å². The molecule has 1 aromatic rings. The van der Waals surface area contributed by atoms with E-state index in [1.807, 2.05) is 28.9 Å². The molecule has 1 saturated carbocycles. The molecule has 4 heterocycles. The van der Waals surface area contributed by atoms with Crippen LogP contribution in [0.3, 0.4) is 0 Å². The van der Waals surface area contributed by atoms with Gasteiger partial charge < -0.3 is 15.0 Å². The van der Waals surface area contributed by atoms with Gasteiger partial charge in [0.2, 0.25) is 0 Å². The number of hydrogen-bond donors (Lipinski definition) is 1. The van der Waals surface area contributed by atoms with Crippen LogP contribution in [0, 0.1) is 18.8 Å². The summed E-state index contributed by atoms with van der Waals surface area (Å²) in [5, 5.41) is 3.00. The highest BCUT2D eigenvalue weighted by atomic mass is 16.5. The number of aryl methyl sites for hydroxylation is 1. The van der Waals surface area contributed by atoms with Crippen molar-refractivity contribution in [3.63, 3.8) is 0 Å². The first-order chi connectivity index (χ1) is 17.1. The monoisotopic (exact) mass is 467 g/mol. The predicted octanol–water partition coefficient (Wildman–Crippen LogP) is 4.60. The molecule has 0 unspecified atom stereocenters. The molecule has 2 amide bonds. The Morgan fingerprint density at radius 1 is 1.09 bits per heavy atom. The highest BCUT2D eigenvalue weighted by Crippen LogP contribution is 2.46. The summed E-state index contributed by atoms with van der Waals surface area (Å²) < 4.78 is 5.54. The van der Waals surface area contributed by atoms with Crippen LogP contribution in [0.15, 0.2) is 57.8 Å². The Balaban J connectivity index is 1.18. The van der Waals surface area contributed by atoms with Crippen molar-refractivity contribution in [2.45, 2.75) is 45.4 Å². The summed E-state index contributed by atoms with van der Waals surface area (Å²) in [6, 6.07) is 3.91. The van der Waals surface area contributed by atoms with E-state index in [9.17, 15) is 9.59 Å². The van der Waals surface area contributed by atoms with E-state index >= 15 is 0 Å². The maximum absolute atomic E-state index is 13.7. The van der Waals surface area contributed by atoms with Gasteiger partial charge in [0.25, 0.3) is 11.8 Å². The van der Waals surface area contributed by atoms with Gasteiger partial charge in [-0.1, -0.05) is 6.08 Å². The lowest BCUT2D eigenvalue weighted by Crippen LogP contribution is -2.37. The van der Waals surface area contributed by atoms with E-state index in [-0.39, 0.29) is 17.7 Å². The molecule has 178 valence electrons. The first kappa shape index (κ1) is 21.0. The van der Waals surface area contributed by atoms with E-state index in [2.05, 4.69) is 22.9 Å². The molecule has 35 heavy (non-hydrogen) atoms. The Bertz CT molecular complexity index is 1340. The summed E-state index contributed by atoms with van der Waals surface area (Å²) in [7, 11) is 0. The Morgan fingerprint density at radius 3 is 2.71 bits per heavy atom. The number of anilines is 2. The highest BCUT2D eigenvalue weighted by Gasteiger charge is 2.39. The number of fused-ring (bicyclic) bond motifs is 3. The number of hydrogen-bond acceptors (Lipinski definition) is 4. The molecular weight excluding hydrogens is 438 g/mol. The summed E-state index contributed by atoms with van der Waals surface area (Å²) in [5.41, 5.74) is 15.3. The topological polar surface area (TPSA) is 61.9 Å². The molecule has 1 aromatic carbocycles. The molecule has 0 aromatic heterocycles. The van der Waals surface area contributed by atoms with Crippen molar-refractivity contribution < 1.29 is 14.3 Å². The smallest absolute Gasteiger partial charge is 0.281 e. The van der Waals surface area contributed by atoms with Crippen LogP contribution in [0.5, 0.6) is 0 Å². The van der Waals surface area contributed by atoms with Crippen LogP contribution in [-0.4, -0.2) is 43.0 Å². The van der Waals surface area contributed by atoms with Crippen LogP contribution in [0.1, 0.15) is 54.4 Å². The van der Waals surface area contributed by atoms with Crippen LogP contribution in [0.2, 0.25) is 0 Å². The summed E-state index contributed by atoms with van der Waals surface area (Å²) >= 11 is 0. The molecule has 1 N–H and O–H groups in total. The molecule has 2 fully saturated rings. The molecule has 6 nitrogen and oxygen atoms in total. The maximum atomic E-state index is 13.7. The fourth-order valence-electron chi connectivity index (χ4n) is 6.27. The molecule has 4 aliphatic heterocycles. The first-order valence-corrected chi connectivity index (χ1v) is 12.9. The second-order valence-electron chi connectivity index (χ2n) is 10.6. The molecule has 6 heteroatoms. The lowest BCUT2D eigenvalue weighted by Gasteiger charge is -2.35. The zero-order valence-electron chi connectivity index (χ0n) is 20.1. The van der Waals surface area contributed by atoms with E-state index in [4.69, 9.17) is 4.74 Å². The SMILES string of the molecule is Cc1cc2c(cc1C(=O)N1CC3=C(C1)C(C1CC1)=CCC3)NC(=O)C1=C=C=C(C3CCOCC3)N12. The lowest BCUT2D eigenvalue weighted by molar-refractivity contribution is -0.113. The van der Waals surface area contributed by atoms with Gasteiger partial charge in [-0.3, -0.25) is 14.5 Å². The summed E-state index contributed by atoms with van der Waals surface area (Å²) in [6.07, 6.45) is 8.95. The molecule has 0 atom stereocenters. The number of nitrogens with one attached hydrogen (secondary N) is 1. The van der Waals surface area contributed by atoms with E-state index in [0.29, 0.717) is 29.4 Å². The third-order valence-corrected chi connectivity index (χ3v) is 8.28. The summed E-state index contributed by atoms with van der Waals surface area (Å²) in [5.74, 6) is 0.840. The molecule has 1 saturated heterocycles. The molecule has 7 rings (SSSR count). The number of carbonyl (C=O) groups excluding carboxylic acids is 2. The minimum Gasteiger partial charge on any atom is -0.381 e. The van der Waals surface area contributed by atoms with Gasteiger partial charge in [-0.25, -0.2) is 0 Å². The number of amides is 2. The minimum atomic E-state index is -0.202. The van der Waals surface area contributed by atoms with Crippen molar-refractivity contribution in [2.75, 3.05) is 36.5 Å². The van der Waals surface area contributed by atoms with Gasteiger partial charge in [0, 0.05) is 37.8 Å². The fourth-order valence-corrected chi connectivity index (χ4v) is 6.27. The zero-order valence-corrected chi connectivity index (χ0v) is 20.1. The largest absolute Gasteiger partial charge is 0.381 e. The predicted molar refractivity (Wildman–Crippen MR) is 133 cm³/mol. The standard InChI is InChI=1S/C29H29N3O3/c1-17-13-27-24(30-28(33)26-8-7-25(32(26)27)19-9-11-35-12-10-19)14-22(17)29(34)31-15-20-3-2-4-21(18-5-6-18)23(20)16-31/h4,13-14,18-19H,2-3,5-6,9-12,15-16H2,1H3,(H,30,33). The normalized spacial score (nSPS) is 23.5.